The zero-order valence-corrected chi connectivity index (χ0v) is 12.7. The fourth-order valence-electron chi connectivity index (χ4n) is 2.35. The molecule has 0 amide bonds. The van der Waals surface area contributed by atoms with Crippen LogP contribution in [0.4, 0.5) is 0 Å². The molecule has 1 unspecified atom stereocenters. The first-order chi connectivity index (χ1) is 10.2. The monoisotopic (exact) mass is 285 g/mol. The second kappa shape index (κ2) is 7.36. The van der Waals surface area contributed by atoms with E-state index in [0.29, 0.717) is 13.2 Å². The average molecular weight is 285 g/mol. The lowest BCUT2D eigenvalue weighted by Crippen LogP contribution is -2.42. The summed E-state index contributed by atoms with van der Waals surface area (Å²) in [5.41, 5.74) is 2.97. The molecular formula is C18H23NO2. The fourth-order valence-corrected chi connectivity index (χ4v) is 2.35. The van der Waals surface area contributed by atoms with Crippen LogP contribution >= 0.6 is 0 Å². The van der Waals surface area contributed by atoms with Crippen LogP contribution in [0.25, 0.3) is 0 Å². The molecule has 0 aliphatic heterocycles. The minimum Gasteiger partial charge on any atom is -0.394 e. The van der Waals surface area contributed by atoms with Gasteiger partial charge in [-0.25, -0.2) is 0 Å². The van der Waals surface area contributed by atoms with E-state index in [1.807, 2.05) is 43.3 Å². The zero-order valence-electron chi connectivity index (χ0n) is 12.7. The molecule has 0 aliphatic carbocycles. The van der Waals surface area contributed by atoms with Gasteiger partial charge in [-0.15, -0.1) is 0 Å². The van der Waals surface area contributed by atoms with Crippen LogP contribution in [0, 0.1) is 0 Å². The number of methoxy groups -OCH3 is 1. The summed E-state index contributed by atoms with van der Waals surface area (Å²) in [6, 6.07) is 18.3. The molecule has 0 spiro atoms. The molecule has 0 saturated heterocycles. The molecule has 2 rings (SSSR count). The molecule has 0 aromatic heterocycles. The number of aliphatic hydroxyl groups excluding tert-OH is 1. The first-order valence-electron chi connectivity index (χ1n) is 7.16. The molecule has 0 aliphatic rings. The number of hydrogen-bond acceptors (Lipinski definition) is 3. The molecule has 0 radical (unpaired) electrons. The number of nitrogens with one attached hydrogen (secondary N) is 1. The summed E-state index contributed by atoms with van der Waals surface area (Å²) < 4.78 is 5.16. The minimum atomic E-state index is -0.446. The highest BCUT2D eigenvalue weighted by Gasteiger charge is 2.24. The first-order valence-corrected chi connectivity index (χ1v) is 7.16. The van der Waals surface area contributed by atoms with Crippen LogP contribution in [-0.2, 0) is 23.4 Å². The van der Waals surface area contributed by atoms with Gasteiger partial charge in [-0.3, -0.25) is 0 Å². The highest BCUT2D eigenvalue weighted by molar-refractivity contribution is 5.26. The van der Waals surface area contributed by atoms with E-state index >= 15 is 0 Å². The Balaban J connectivity index is 2.08. The highest BCUT2D eigenvalue weighted by Crippen LogP contribution is 2.20. The smallest absolute Gasteiger partial charge is 0.0713 e. The maximum Gasteiger partial charge on any atom is 0.0713 e. The summed E-state index contributed by atoms with van der Waals surface area (Å²) >= 11 is 0. The van der Waals surface area contributed by atoms with Crippen LogP contribution < -0.4 is 5.32 Å². The largest absolute Gasteiger partial charge is 0.394 e. The summed E-state index contributed by atoms with van der Waals surface area (Å²) in [4.78, 5) is 0. The number of benzene rings is 2. The molecule has 0 bridgehead atoms. The van der Waals surface area contributed by atoms with Crippen LogP contribution in [-0.4, -0.2) is 18.8 Å². The molecule has 0 saturated carbocycles. The predicted molar refractivity (Wildman–Crippen MR) is 84.9 cm³/mol. The molecule has 0 heterocycles. The molecule has 2 aromatic rings. The Morgan fingerprint density at radius 1 is 1.05 bits per heavy atom. The van der Waals surface area contributed by atoms with Gasteiger partial charge in [0.2, 0.25) is 0 Å². The van der Waals surface area contributed by atoms with E-state index in [9.17, 15) is 5.11 Å². The molecule has 1 atom stereocenters. The molecule has 112 valence electrons. The van der Waals surface area contributed by atoms with Gasteiger partial charge in [0.05, 0.1) is 18.8 Å². The van der Waals surface area contributed by atoms with E-state index in [1.165, 1.54) is 5.56 Å². The summed E-state index contributed by atoms with van der Waals surface area (Å²) in [5.74, 6) is 0. The van der Waals surface area contributed by atoms with E-state index in [-0.39, 0.29) is 6.61 Å². The van der Waals surface area contributed by atoms with Gasteiger partial charge in [0.15, 0.2) is 0 Å². The van der Waals surface area contributed by atoms with Crippen molar-refractivity contribution in [2.75, 3.05) is 13.7 Å². The van der Waals surface area contributed by atoms with Gasteiger partial charge in [0, 0.05) is 13.7 Å². The summed E-state index contributed by atoms with van der Waals surface area (Å²) in [7, 11) is 1.70. The van der Waals surface area contributed by atoms with E-state index in [4.69, 9.17) is 4.74 Å². The minimum absolute atomic E-state index is 0.0504. The van der Waals surface area contributed by atoms with Crippen LogP contribution in [0.2, 0.25) is 0 Å². The lowest BCUT2D eigenvalue weighted by Gasteiger charge is -2.29. The van der Waals surface area contributed by atoms with Crippen LogP contribution in [0.5, 0.6) is 0 Å². The first kappa shape index (κ1) is 15.7. The molecule has 3 heteroatoms. The van der Waals surface area contributed by atoms with Crippen molar-refractivity contribution in [1.82, 2.24) is 5.32 Å². The Kier molecular flexibility index (Phi) is 5.51. The number of ether oxygens (including phenoxy) is 1. The van der Waals surface area contributed by atoms with Crippen molar-refractivity contribution < 1.29 is 9.84 Å². The van der Waals surface area contributed by atoms with E-state index in [0.717, 1.165) is 11.1 Å². The van der Waals surface area contributed by atoms with E-state index in [2.05, 4.69) is 23.5 Å². The predicted octanol–water partition coefficient (Wildman–Crippen LogP) is 2.83. The van der Waals surface area contributed by atoms with E-state index < -0.39 is 5.54 Å². The Morgan fingerprint density at radius 3 is 2.43 bits per heavy atom. The van der Waals surface area contributed by atoms with Gasteiger partial charge in [-0.2, -0.15) is 0 Å². The normalized spacial score (nSPS) is 13.9. The fraction of sp³-hybridized carbons (Fsp3) is 0.333. The number of rotatable bonds is 7. The summed E-state index contributed by atoms with van der Waals surface area (Å²) in [5, 5.41) is 13.2. The second-order valence-electron chi connectivity index (χ2n) is 5.46. The Bertz CT molecular complexity index is 556. The highest BCUT2D eigenvalue weighted by atomic mass is 16.5. The van der Waals surface area contributed by atoms with Gasteiger partial charge in [0.25, 0.3) is 0 Å². The Morgan fingerprint density at radius 2 is 1.76 bits per heavy atom. The molecule has 2 N–H and O–H groups in total. The Labute approximate surface area is 126 Å². The average Bonchev–Trinajstić information content (AvgIpc) is 2.54. The number of hydrogen-bond donors (Lipinski definition) is 2. The van der Waals surface area contributed by atoms with Gasteiger partial charge in [-0.05, 0) is 23.6 Å². The Hall–Kier alpha value is -1.68. The molecule has 21 heavy (non-hydrogen) atoms. The van der Waals surface area contributed by atoms with Gasteiger partial charge < -0.3 is 15.2 Å². The lowest BCUT2D eigenvalue weighted by atomic mass is 9.92. The molecule has 3 nitrogen and oxygen atoms in total. The number of aliphatic hydroxyl groups is 1. The van der Waals surface area contributed by atoms with Crippen molar-refractivity contribution in [1.29, 1.82) is 0 Å². The maximum absolute atomic E-state index is 9.77. The van der Waals surface area contributed by atoms with Crippen molar-refractivity contribution in [2.45, 2.75) is 25.6 Å². The molecule has 2 aromatic carbocycles. The topological polar surface area (TPSA) is 41.5 Å². The third-order valence-corrected chi connectivity index (χ3v) is 3.71. The molecular weight excluding hydrogens is 262 g/mol. The van der Waals surface area contributed by atoms with E-state index in [1.54, 1.807) is 7.11 Å². The van der Waals surface area contributed by atoms with Crippen molar-refractivity contribution >= 4 is 0 Å². The van der Waals surface area contributed by atoms with Crippen molar-refractivity contribution in [3.63, 3.8) is 0 Å². The van der Waals surface area contributed by atoms with Gasteiger partial charge >= 0.3 is 0 Å². The van der Waals surface area contributed by atoms with Gasteiger partial charge in [-0.1, -0.05) is 54.6 Å². The molecule has 0 fully saturated rings. The van der Waals surface area contributed by atoms with Crippen molar-refractivity contribution in [3.05, 3.63) is 71.3 Å². The quantitative estimate of drug-likeness (QED) is 0.822. The standard InChI is InChI=1S/C18H23NO2/c1-18(14-20,17-9-4-3-5-10-17)19-12-15-7-6-8-16(11-15)13-21-2/h3-11,19-20H,12-14H2,1-2H3. The second-order valence-corrected chi connectivity index (χ2v) is 5.46. The van der Waals surface area contributed by atoms with Crippen LogP contribution in [0.15, 0.2) is 54.6 Å². The van der Waals surface area contributed by atoms with Crippen LogP contribution in [0.3, 0.4) is 0 Å². The summed E-state index contributed by atoms with van der Waals surface area (Å²) in [6.07, 6.45) is 0. The maximum atomic E-state index is 9.77. The third-order valence-electron chi connectivity index (χ3n) is 3.71. The third kappa shape index (κ3) is 4.14. The zero-order chi connectivity index (χ0) is 15.1. The van der Waals surface area contributed by atoms with Crippen molar-refractivity contribution in [2.24, 2.45) is 0 Å². The van der Waals surface area contributed by atoms with Crippen LogP contribution in [0.1, 0.15) is 23.6 Å². The summed E-state index contributed by atoms with van der Waals surface area (Å²) in [6.45, 7) is 3.38. The van der Waals surface area contributed by atoms with Crippen molar-refractivity contribution in [3.8, 4) is 0 Å². The SMILES string of the molecule is COCc1cccc(CNC(C)(CO)c2ccccc2)c1. The van der Waals surface area contributed by atoms with Gasteiger partial charge in [0.1, 0.15) is 0 Å². The lowest BCUT2D eigenvalue weighted by molar-refractivity contribution is 0.173.